The third-order valence-corrected chi connectivity index (χ3v) is 6.00. The average molecular weight is 437 g/mol. The highest BCUT2D eigenvalue weighted by Gasteiger charge is 2.18. The Morgan fingerprint density at radius 3 is 2.61 bits per heavy atom. The molecule has 2 heterocycles. The molecule has 2 aromatic carbocycles. The fourth-order valence-corrected chi connectivity index (χ4v) is 4.53. The molecule has 0 spiro atoms. The lowest BCUT2D eigenvalue weighted by Crippen LogP contribution is -2.36. The molecule has 4 rings (SSSR count). The van der Waals surface area contributed by atoms with E-state index >= 15 is 0 Å². The quantitative estimate of drug-likeness (QED) is 0.452. The summed E-state index contributed by atoms with van der Waals surface area (Å²) in [6.45, 7) is 5.93. The number of nitrogens with zero attached hydrogens (tertiary/aromatic N) is 4. The second kappa shape index (κ2) is 8.43. The third kappa shape index (κ3) is 4.27. The van der Waals surface area contributed by atoms with Gasteiger partial charge in [0.05, 0.1) is 23.3 Å². The monoisotopic (exact) mass is 436 g/mol. The van der Waals surface area contributed by atoms with Crippen LogP contribution in [0.25, 0.3) is 16.8 Å². The summed E-state index contributed by atoms with van der Waals surface area (Å²) in [4.78, 5) is 31.0. The third-order valence-electron chi connectivity index (χ3n) is 5.08. The van der Waals surface area contributed by atoms with E-state index in [9.17, 15) is 9.59 Å². The first kappa shape index (κ1) is 20.9. The highest BCUT2D eigenvalue weighted by atomic mass is 32.2. The number of carbonyl (C=O) groups excluding carboxylic acids is 2. The second-order valence-corrected chi connectivity index (χ2v) is 8.57. The topological polar surface area (TPSA) is 95.4 Å². The van der Waals surface area contributed by atoms with Gasteiger partial charge in [0.1, 0.15) is 0 Å². The minimum atomic E-state index is -0.223. The molecule has 0 fully saturated rings. The number of aryl methyl sites for hydroxylation is 3. The van der Waals surface area contributed by atoms with E-state index in [0.717, 1.165) is 33.4 Å². The number of aromatic amines is 1. The second-order valence-electron chi connectivity index (χ2n) is 7.63. The van der Waals surface area contributed by atoms with Gasteiger partial charge in [0, 0.05) is 12.7 Å². The first-order chi connectivity index (χ1) is 14.8. The van der Waals surface area contributed by atoms with Crippen molar-refractivity contribution < 1.29 is 9.59 Å². The van der Waals surface area contributed by atoms with Crippen molar-refractivity contribution in [1.82, 2.24) is 24.5 Å². The smallest absolute Gasteiger partial charge is 0.243 e. The fraction of sp³-hybridized carbons (Fsp3) is 0.273. The molecule has 0 saturated carbocycles. The Balaban J connectivity index is 1.38. The van der Waals surface area contributed by atoms with Gasteiger partial charge in [-0.25, -0.2) is 10.1 Å². The Morgan fingerprint density at radius 1 is 1.16 bits per heavy atom. The number of para-hydroxylation sites is 2. The summed E-state index contributed by atoms with van der Waals surface area (Å²) in [6, 6.07) is 11.8. The van der Waals surface area contributed by atoms with Crippen LogP contribution in [-0.4, -0.2) is 55.6 Å². The van der Waals surface area contributed by atoms with Crippen molar-refractivity contribution in [3.8, 4) is 0 Å². The summed E-state index contributed by atoms with van der Waals surface area (Å²) < 4.78 is 1.89. The van der Waals surface area contributed by atoms with E-state index in [-0.39, 0.29) is 24.1 Å². The molecule has 0 aliphatic heterocycles. The molecule has 2 N–H and O–H groups in total. The molecule has 0 aliphatic rings. The summed E-state index contributed by atoms with van der Waals surface area (Å²) in [5.41, 5.74) is 5.75. The molecule has 9 heteroatoms. The molecule has 8 nitrogen and oxygen atoms in total. The number of imidazole rings is 1. The van der Waals surface area contributed by atoms with Crippen LogP contribution < -0.4 is 5.32 Å². The van der Waals surface area contributed by atoms with Crippen LogP contribution in [0.4, 0.5) is 5.69 Å². The zero-order chi connectivity index (χ0) is 22.1. The van der Waals surface area contributed by atoms with Gasteiger partial charge in [-0.15, -0.1) is 5.10 Å². The van der Waals surface area contributed by atoms with Gasteiger partial charge in [0.25, 0.3) is 0 Å². The Labute approximate surface area is 184 Å². The molecule has 160 valence electrons. The summed E-state index contributed by atoms with van der Waals surface area (Å²) in [5.74, 6) is 0.420. The van der Waals surface area contributed by atoms with Crippen LogP contribution in [0.5, 0.6) is 0 Å². The maximum absolute atomic E-state index is 12.6. The molecule has 0 bridgehead atoms. The zero-order valence-electron chi connectivity index (χ0n) is 17.9. The standard InChI is InChI=1S/C22H24N6O2S/c1-13-9-14(2)20(15(3)10-13)24-18(29)11-27(4)19(30)12-31-22-26-25-21-23-16-7-5-6-8-17(16)28(21)22/h5-10H,11-12H2,1-4H3,(H,23,25)(H,24,29). The number of rotatable bonds is 6. The fourth-order valence-electron chi connectivity index (χ4n) is 3.64. The number of hydrogen-bond acceptors (Lipinski definition) is 5. The van der Waals surface area contributed by atoms with Crippen molar-refractivity contribution >= 4 is 46.1 Å². The van der Waals surface area contributed by atoms with Gasteiger partial charge in [-0.05, 0) is 44.0 Å². The number of fused-ring (bicyclic) bond motifs is 3. The van der Waals surface area contributed by atoms with Crippen LogP contribution >= 0.6 is 11.8 Å². The summed E-state index contributed by atoms with van der Waals surface area (Å²) in [7, 11) is 1.63. The maximum atomic E-state index is 12.6. The number of anilines is 1. The maximum Gasteiger partial charge on any atom is 0.243 e. The molecule has 0 saturated heterocycles. The number of likely N-dealkylation sites (N-methyl/N-ethyl adjacent to an activating group) is 1. The van der Waals surface area contributed by atoms with Crippen molar-refractivity contribution in [3.05, 3.63) is 53.1 Å². The predicted molar refractivity (Wildman–Crippen MR) is 122 cm³/mol. The minimum absolute atomic E-state index is 0.0177. The summed E-state index contributed by atoms with van der Waals surface area (Å²) in [5, 5.41) is 10.8. The Morgan fingerprint density at radius 2 is 1.87 bits per heavy atom. The van der Waals surface area contributed by atoms with Gasteiger partial charge in [-0.2, -0.15) is 0 Å². The Hall–Kier alpha value is -3.33. The first-order valence-electron chi connectivity index (χ1n) is 9.89. The molecule has 2 amide bonds. The van der Waals surface area contributed by atoms with Crippen molar-refractivity contribution in [1.29, 1.82) is 0 Å². The van der Waals surface area contributed by atoms with E-state index in [2.05, 4.69) is 20.5 Å². The van der Waals surface area contributed by atoms with E-state index in [1.165, 1.54) is 16.7 Å². The van der Waals surface area contributed by atoms with Gasteiger partial charge in [-0.1, -0.05) is 41.6 Å². The number of carbonyl (C=O) groups is 2. The molecule has 4 aromatic rings. The Bertz CT molecular complexity index is 1270. The molecule has 0 aliphatic carbocycles. The lowest BCUT2D eigenvalue weighted by Gasteiger charge is -2.18. The molecule has 2 aromatic heterocycles. The van der Waals surface area contributed by atoms with Crippen molar-refractivity contribution in [2.24, 2.45) is 0 Å². The van der Waals surface area contributed by atoms with Crippen molar-refractivity contribution in [3.63, 3.8) is 0 Å². The average Bonchev–Trinajstić information content (AvgIpc) is 3.28. The Kier molecular flexibility index (Phi) is 5.69. The molecule has 0 radical (unpaired) electrons. The number of benzene rings is 2. The minimum Gasteiger partial charge on any atom is -0.336 e. The van der Waals surface area contributed by atoms with Crippen molar-refractivity contribution in [2.75, 3.05) is 24.7 Å². The van der Waals surface area contributed by atoms with Crippen LogP contribution in [-0.2, 0) is 9.59 Å². The molecule has 0 unspecified atom stereocenters. The molecule has 0 atom stereocenters. The van der Waals surface area contributed by atoms with Crippen LogP contribution in [0.15, 0.2) is 41.6 Å². The van der Waals surface area contributed by atoms with Gasteiger partial charge in [0.15, 0.2) is 5.16 Å². The van der Waals surface area contributed by atoms with E-state index in [4.69, 9.17) is 0 Å². The van der Waals surface area contributed by atoms with E-state index < -0.39 is 0 Å². The van der Waals surface area contributed by atoms with Crippen LogP contribution in [0.1, 0.15) is 16.7 Å². The number of aromatic nitrogens is 4. The summed E-state index contributed by atoms with van der Waals surface area (Å²) >= 11 is 1.31. The lowest BCUT2D eigenvalue weighted by molar-refractivity contribution is -0.131. The van der Waals surface area contributed by atoms with Gasteiger partial charge >= 0.3 is 0 Å². The van der Waals surface area contributed by atoms with Crippen LogP contribution in [0.2, 0.25) is 0 Å². The lowest BCUT2D eigenvalue weighted by atomic mass is 10.1. The van der Waals surface area contributed by atoms with Gasteiger partial charge < -0.3 is 10.2 Å². The van der Waals surface area contributed by atoms with E-state index in [1.54, 1.807) is 7.05 Å². The largest absolute Gasteiger partial charge is 0.336 e. The predicted octanol–water partition coefficient (Wildman–Crippen LogP) is 3.33. The number of H-pyrrole nitrogens is 1. The summed E-state index contributed by atoms with van der Waals surface area (Å²) in [6.07, 6.45) is 0. The number of thioether (sulfide) groups is 1. The van der Waals surface area contributed by atoms with Crippen LogP contribution in [0, 0.1) is 20.8 Å². The zero-order valence-corrected chi connectivity index (χ0v) is 18.7. The number of nitrogens with one attached hydrogen (secondary N) is 2. The van der Waals surface area contributed by atoms with Gasteiger partial charge in [0.2, 0.25) is 17.6 Å². The molecular weight excluding hydrogens is 412 g/mol. The number of amides is 2. The normalized spacial score (nSPS) is 11.2. The van der Waals surface area contributed by atoms with Crippen molar-refractivity contribution in [2.45, 2.75) is 25.9 Å². The number of hydrogen-bond donors (Lipinski definition) is 2. The first-order valence-corrected chi connectivity index (χ1v) is 10.9. The van der Waals surface area contributed by atoms with E-state index in [1.807, 2.05) is 61.6 Å². The van der Waals surface area contributed by atoms with Crippen LogP contribution in [0.3, 0.4) is 0 Å². The SMILES string of the molecule is Cc1cc(C)c(NC(=O)CN(C)C(=O)CSc2n[nH]c3nc4ccccc4n23)c(C)c1. The van der Waals surface area contributed by atoms with E-state index in [0.29, 0.717) is 10.9 Å². The molecule has 31 heavy (non-hydrogen) atoms. The van der Waals surface area contributed by atoms with Gasteiger partial charge in [-0.3, -0.25) is 14.0 Å². The highest BCUT2D eigenvalue weighted by molar-refractivity contribution is 7.99. The highest BCUT2D eigenvalue weighted by Crippen LogP contribution is 2.24. The molecular formula is C22H24N6O2S.